The zero-order valence-corrected chi connectivity index (χ0v) is 14.4. The van der Waals surface area contributed by atoms with Crippen LogP contribution in [0.2, 0.25) is 5.02 Å². The summed E-state index contributed by atoms with van der Waals surface area (Å²) >= 11 is 7.83. The summed E-state index contributed by atoms with van der Waals surface area (Å²) in [6.45, 7) is -1.36. The van der Waals surface area contributed by atoms with E-state index in [1.807, 2.05) is 22.6 Å². The molecule has 8 heteroatoms. The summed E-state index contributed by atoms with van der Waals surface area (Å²) in [6, 6.07) is 10.5. The fourth-order valence-corrected chi connectivity index (χ4v) is 2.79. The molecule has 0 saturated heterocycles. The number of ether oxygens (including phenoxy) is 1. The van der Waals surface area contributed by atoms with Crippen LogP contribution in [0.1, 0.15) is 10.4 Å². The van der Waals surface area contributed by atoms with Crippen LogP contribution in [0.4, 0.5) is 18.9 Å². The molecule has 0 aliphatic rings. The average molecular weight is 456 g/mol. The Labute approximate surface area is 148 Å². The van der Waals surface area contributed by atoms with E-state index in [1.165, 1.54) is 24.3 Å². The second-order valence-electron chi connectivity index (χ2n) is 4.51. The van der Waals surface area contributed by atoms with Gasteiger partial charge in [0.1, 0.15) is 5.75 Å². The fourth-order valence-electron chi connectivity index (χ4n) is 1.67. The van der Waals surface area contributed by atoms with Crippen molar-refractivity contribution in [3.8, 4) is 5.75 Å². The van der Waals surface area contributed by atoms with Crippen molar-refractivity contribution in [2.75, 3.05) is 11.9 Å². The smallest absolute Gasteiger partial charge is 0.422 e. The van der Waals surface area contributed by atoms with E-state index in [9.17, 15) is 18.0 Å². The zero-order chi connectivity index (χ0) is 17.0. The van der Waals surface area contributed by atoms with E-state index in [0.717, 1.165) is 0 Å². The quantitative estimate of drug-likeness (QED) is 0.649. The number of anilines is 1. The molecule has 0 aliphatic carbocycles. The van der Waals surface area contributed by atoms with Gasteiger partial charge in [0.15, 0.2) is 6.61 Å². The predicted octanol–water partition coefficient (Wildman–Crippen LogP) is 5.14. The highest BCUT2D eigenvalue weighted by Gasteiger charge is 2.28. The summed E-state index contributed by atoms with van der Waals surface area (Å²) in [7, 11) is 0. The summed E-state index contributed by atoms with van der Waals surface area (Å²) in [4.78, 5) is 12.1. The molecule has 0 aliphatic heterocycles. The maximum atomic E-state index is 12.1. The van der Waals surface area contributed by atoms with Gasteiger partial charge in [-0.25, -0.2) is 0 Å². The minimum Gasteiger partial charge on any atom is -0.484 e. The number of alkyl halides is 3. The van der Waals surface area contributed by atoms with Gasteiger partial charge in [-0.15, -0.1) is 0 Å². The standard InChI is InChI=1S/C15H10ClF3INO2/c16-9-1-6-12(13(20)7-9)14(22)21-10-2-4-11(5-3-10)23-8-15(17,18)19/h1-7H,8H2,(H,21,22). The van der Waals surface area contributed by atoms with E-state index in [1.54, 1.807) is 18.2 Å². The molecule has 0 fully saturated rings. The van der Waals surface area contributed by atoms with Crippen molar-refractivity contribution in [3.63, 3.8) is 0 Å². The van der Waals surface area contributed by atoms with E-state index in [0.29, 0.717) is 19.8 Å². The van der Waals surface area contributed by atoms with Gasteiger partial charge >= 0.3 is 6.18 Å². The predicted molar refractivity (Wildman–Crippen MR) is 90.1 cm³/mol. The van der Waals surface area contributed by atoms with Crippen LogP contribution in [0, 0.1) is 3.57 Å². The number of benzene rings is 2. The molecule has 0 spiro atoms. The van der Waals surface area contributed by atoms with Crippen molar-refractivity contribution in [2.45, 2.75) is 6.18 Å². The lowest BCUT2D eigenvalue weighted by Crippen LogP contribution is -2.19. The Morgan fingerprint density at radius 1 is 1.17 bits per heavy atom. The van der Waals surface area contributed by atoms with E-state index in [-0.39, 0.29) is 11.7 Å². The molecule has 3 nitrogen and oxygen atoms in total. The third-order valence-electron chi connectivity index (χ3n) is 2.69. The number of nitrogens with one attached hydrogen (secondary N) is 1. The lowest BCUT2D eigenvalue weighted by molar-refractivity contribution is -0.153. The van der Waals surface area contributed by atoms with E-state index in [4.69, 9.17) is 11.6 Å². The maximum absolute atomic E-state index is 12.1. The first-order valence-electron chi connectivity index (χ1n) is 6.30. The normalized spacial score (nSPS) is 11.2. The molecule has 23 heavy (non-hydrogen) atoms. The molecule has 0 atom stereocenters. The molecule has 122 valence electrons. The molecule has 0 radical (unpaired) electrons. The summed E-state index contributed by atoms with van der Waals surface area (Å²) < 4.78 is 41.4. The molecule has 0 heterocycles. The molecule has 1 amide bonds. The molecule has 2 aromatic carbocycles. The number of amides is 1. The Morgan fingerprint density at radius 3 is 2.39 bits per heavy atom. The van der Waals surface area contributed by atoms with Crippen LogP contribution in [-0.4, -0.2) is 18.7 Å². The monoisotopic (exact) mass is 455 g/mol. The maximum Gasteiger partial charge on any atom is 0.422 e. The van der Waals surface area contributed by atoms with Gasteiger partial charge in [-0.2, -0.15) is 13.2 Å². The van der Waals surface area contributed by atoms with Gasteiger partial charge in [0, 0.05) is 14.3 Å². The lowest BCUT2D eigenvalue weighted by Gasteiger charge is -2.10. The van der Waals surface area contributed by atoms with Crippen molar-refractivity contribution in [2.24, 2.45) is 0 Å². The number of halogens is 5. The van der Waals surface area contributed by atoms with Gasteiger partial charge in [0.2, 0.25) is 0 Å². The molecule has 0 aromatic heterocycles. The van der Waals surface area contributed by atoms with Crippen molar-refractivity contribution >= 4 is 45.8 Å². The van der Waals surface area contributed by atoms with Crippen LogP contribution in [0.5, 0.6) is 5.75 Å². The topological polar surface area (TPSA) is 38.3 Å². The average Bonchev–Trinajstić information content (AvgIpc) is 2.45. The Kier molecular flexibility index (Phi) is 5.74. The van der Waals surface area contributed by atoms with Crippen LogP contribution in [0.25, 0.3) is 0 Å². The fraction of sp³-hybridized carbons (Fsp3) is 0.133. The summed E-state index contributed by atoms with van der Waals surface area (Å²) in [5.74, 6) is -0.267. The van der Waals surface area contributed by atoms with Crippen molar-refractivity contribution in [1.29, 1.82) is 0 Å². The summed E-state index contributed by atoms with van der Waals surface area (Å²) in [5, 5.41) is 3.18. The minimum absolute atomic E-state index is 0.0707. The molecular formula is C15H10ClF3INO2. The van der Waals surface area contributed by atoms with Crippen molar-refractivity contribution in [3.05, 3.63) is 56.6 Å². The van der Waals surface area contributed by atoms with Gasteiger partial charge in [0.05, 0.1) is 5.56 Å². The number of hydrogen-bond donors (Lipinski definition) is 1. The van der Waals surface area contributed by atoms with E-state index < -0.39 is 12.8 Å². The number of hydrogen-bond acceptors (Lipinski definition) is 2. The SMILES string of the molecule is O=C(Nc1ccc(OCC(F)(F)F)cc1)c1ccc(Cl)cc1I. The first kappa shape index (κ1) is 17.9. The molecule has 0 saturated carbocycles. The largest absolute Gasteiger partial charge is 0.484 e. The first-order chi connectivity index (χ1) is 10.7. The summed E-state index contributed by atoms with van der Waals surface area (Å²) in [5.41, 5.74) is 0.896. The third kappa shape index (κ3) is 5.58. The highest BCUT2D eigenvalue weighted by Crippen LogP contribution is 2.22. The molecule has 0 bridgehead atoms. The second-order valence-corrected chi connectivity index (χ2v) is 6.11. The van der Waals surface area contributed by atoms with Crippen LogP contribution < -0.4 is 10.1 Å². The van der Waals surface area contributed by atoms with Crippen LogP contribution in [-0.2, 0) is 0 Å². The van der Waals surface area contributed by atoms with Gasteiger partial charge in [-0.1, -0.05) is 11.6 Å². The Morgan fingerprint density at radius 2 is 1.83 bits per heavy atom. The van der Waals surface area contributed by atoms with Gasteiger partial charge in [-0.05, 0) is 65.1 Å². The Balaban J connectivity index is 2.01. The highest BCUT2D eigenvalue weighted by molar-refractivity contribution is 14.1. The summed E-state index contributed by atoms with van der Waals surface area (Å²) in [6.07, 6.45) is -4.39. The second kappa shape index (κ2) is 7.39. The Bertz CT molecular complexity index is 705. The van der Waals surface area contributed by atoms with Crippen LogP contribution >= 0.6 is 34.2 Å². The molecular weight excluding hydrogens is 446 g/mol. The number of carbonyl (C=O) groups is 1. The minimum atomic E-state index is -4.39. The molecule has 2 aromatic rings. The van der Waals surface area contributed by atoms with E-state index >= 15 is 0 Å². The van der Waals surface area contributed by atoms with Gasteiger partial charge in [-0.3, -0.25) is 4.79 Å². The van der Waals surface area contributed by atoms with Crippen LogP contribution in [0.15, 0.2) is 42.5 Å². The zero-order valence-electron chi connectivity index (χ0n) is 11.5. The van der Waals surface area contributed by atoms with Crippen LogP contribution in [0.3, 0.4) is 0 Å². The first-order valence-corrected chi connectivity index (χ1v) is 7.76. The molecule has 1 N–H and O–H groups in total. The number of rotatable bonds is 4. The van der Waals surface area contributed by atoms with Crippen molar-refractivity contribution < 1.29 is 22.7 Å². The number of carbonyl (C=O) groups excluding carboxylic acids is 1. The molecule has 0 unspecified atom stereocenters. The Hall–Kier alpha value is -1.48. The highest BCUT2D eigenvalue weighted by atomic mass is 127. The van der Waals surface area contributed by atoms with Crippen molar-refractivity contribution in [1.82, 2.24) is 0 Å². The van der Waals surface area contributed by atoms with Gasteiger partial charge < -0.3 is 10.1 Å². The molecule has 2 rings (SSSR count). The van der Waals surface area contributed by atoms with Gasteiger partial charge in [0.25, 0.3) is 5.91 Å². The van der Waals surface area contributed by atoms with E-state index in [2.05, 4.69) is 10.1 Å². The third-order valence-corrected chi connectivity index (χ3v) is 3.82. The lowest BCUT2D eigenvalue weighted by atomic mass is 10.2.